The van der Waals surface area contributed by atoms with Gasteiger partial charge in [0.25, 0.3) is 5.69 Å². The average Bonchev–Trinajstić information content (AvgIpc) is 3.18. The molecular formula is C23H20N4O2. The number of benzene rings is 3. The van der Waals surface area contributed by atoms with E-state index in [1.165, 1.54) is 17.7 Å². The summed E-state index contributed by atoms with van der Waals surface area (Å²) in [5, 5.41) is 19.0. The molecule has 0 radical (unpaired) electrons. The topological polar surface area (TPSA) is 73.0 Å². The lowest BCUT2D eigenvalue weighted by Crippen LogP contribution is -2.00. The summed E-state index contributed by atoms with van der Waals surface area (Å²) in [7, 11) is 0. The molecule has 1 aromatic heterocycles. The Morgan fingerprint density at radius 1 is 0.966 bits per heavy atom. The summed E-state index contributed by atoms with van der Waals surface area (Å²) in [4.78, 5) is 10.4. The molecule has 0 aliphatic rings. The van der Waals surface area contributed by atoms with Gasteiger partial charge in [-0.1, -0.05) is 48.0 Å². The summed E-state index contributed by atoms with van der Waals surface area (Å²) in [6.07, 6.45) is 2.02. The third kappa shape index (κ3) is 4.16. The largest absolute Gasteiger partial charge is 0.381 e. The fourth-order valence-electron chi connectivity index (χ4n) is 3.10. The Hall–Kier alpha value is -3.93. The highest BCUT2D eigenvalue weighted by atomic mass is 16.6. The van der Waals surface area contributed by atoms with Crippen LogP contribution >= 0.6 is 0 Å². The molecule has 0 bridgehead atoms. The maximum Gasteiger partial charge on any atom is 0.269 e. The zero-order valence-electron chi connectivity index (χ0n) is 15.9. The molecular weight excluding hydrogens is 364 g/mol. The lowest BCUT2D eigenvalue weighted by atomic mass is 10.1. The van der Waals surface area contributed by atoms with Gasteiger partial charge < -0.3 is 5.32 Å². The lowest BCUT2D eigenvalue weighted by molar-refractivity contribution is -0.384. The molecule has 144 valence electrons. The van der Waals surface area contributed by atoms with Gasteiger partial charge in [0.2, 0.25) is 0 Å². The van der Waals surface area contributed by atoms with E-state index in [0.717, 1.165) is 28.2 Å². The van der Waals surface area contributed by atoms with Crippen LogP contribution in [-0.4, -0.2) is 14.7 Å². The van der Waals surface area contributed by atoms with Crippen molar-refractivity contribution in [2.24, 2.45) is 0 Å². The summed E-state index contributed by atoms with van der Waals surface area (Å²) in [6.45, 7) is 2.61. The molecule has 0 unspecified atom stereocenters. The Bertz CT molecular complexity index is 1120. The van der Waals surface area contributed by atoms with E-state index in [4.69, 9.17) is 5.10 Å². The number of rotatable bonds is 6. The maximum absolute atomic E-state index is 10.8. The number of hydrogen-bond acceptors (Lipinski definition) is 4. The molecule has 0 spiro atoms. The van der Waals surface area contributed by atoms with Crippen LogP contribution in [0.4, 0.5) is 11.4 Å². The van der Waals surface area contributed by atoms with Crippen molar-refractivity contribution in [2.75, 3.05) is 5.32 Å². The van der Waals surface area contributed by atoms with E-state index in [9.17, 15) is 10.1 Å². The molecule has 0 aliphatic carbocycles. The van der Waals surface area contributed by atoms with Crippen LogP contribution in [-0.2, 0) is 6.54 Å². The predicted octanol–water partition coefficient (Wildman–Crippen LogP) is 5.37. The average molecular weight is 384 g/mol. The first-order valence-corrected chi connectivity index (χ1v) is 9.29. The standard InChI is InChI=1S/C23H20N4O2/c1-17-7-9-18(10-8-17)23-19(16-26(25-23)21-5-3-2-4-6-21)15-24-20-11-13-22(14-12-20)27(28)29/h2-14,16,24H,15H2,1H3. The van der Waals surface area contributed by atoms with Crippen LogP contribution in [0.1, 0.15) is 11.1 Å². The van der Waals surface area contributed by atoms with Gasteiger partial charge in [-0.3, -0.25) is 10.1 Å². The van der Waals surface area contributed by atoms with Gasteiger partial charge in [-0.05, 0) is 31.2 Å². The molecule has 4 rings (SSSR count). The first-order chi connectivity index (χ1) is 14.1. The fraction of sp³-hybridized carbons (Fsp3) is 0.0870. The van der Waals surface area contributed by atoms with Crippen LogP contribution in [0.5, 0.6) is 0 Å². The van der Waals surface area contributed by atoms with Gasteiger partial charge in [-0.25, -0.2) is 4.68 Å². The molecule has 3 aromatic carbocycles. The maximum atomic E-state index is 10.8. The molecule has 0 aliphatic heterocycles. The molecule has 6 heteroatoms. The number of para-hydroxylation sites is 1. The van der Waals surface area contributed by atoms with E-state index in [1.807, 2.05) is 41.2 Å². The van der Waals surface area contributed by atoms with Crippen molar-refractivity contribution in [3.63, 3.8) is 0 Å². The van der Waals surface area contributed by atoms with Gasteiger partial charge in [0.15, 0.2) is 0 Å². The quantitative estimate of drug-likeness (QED) is 0.358. The van der Waals surface area contributed by atoms with E-state index in [1.54, 1.807) is 12.1 Å². The summed E-state index contributed by atoms with van der Waals surface area (Å²) in [5.74, 6) is 0. The molecule has 1 heterocycles. The van der Waals surface area contributed by atoms with E-state index in [2.05, 4.69) is 36.5 Å². The Balaban J connectivity index is 1.64. The van der Waals surface area contributed by atoms with Gasteiger partial charge in [0.1, 0.15) is 0 Å². The number of nitro benzene ring substituents is 1. The Morgan fingerprint density at radius 3 is 2.31 bits per heavy atom. The SMILES string of the molecule is Cc1ccc(-c2nn(-c3ccccc3)cc2CNc2ccc([N+](=O)[O-])cc2)cc1. The molecule has 29 heavy (non-hydrogen) atoms. The minimum Gasteiger partial charge on any atom is -0.381 e. The van der Waals surface area contributed by atoms with Crippen molar-refractivity contribution < 1.29 is 4.92 Å². The second kappa shape index (κ2) is 7.98. The molecule has 0 fully saturated rings. The molecule has 6 nitrogen and oxygen atoms in total. The first-order valence-electron chi connectivity index (χ1n) is 9.29. The third-order valence-corrected chi connectivity index (χ3v) is 4.70. The van der Waals surface area contributed by atoms with Crippen LogP contribution in [0.3, 0.4) is 0 Å². The molecule has 0 saturated heterocycles. The zero-order chi connectivity index (χ0) is 20.2. The highest BCUT2D eigenvalue weighted by Crippen LogP contribution is 2.25. The summed E-state index contributed by atoms with van der Waals surface area (Å²) in [6, 6.07) is 24.7. The highest BCUT2D eigenvalue weighted by Gasteiger charge is 2.13. The van der Waals surface area contributed by atoms with Gasteiger partial charge in [-0.2, -0.15) is 5.10 Å². The normalized spacial score (nSPS) is 10.7. The summed E-state index contributed by atoms with van der Waals surface area (Å²) >= 11 is 0. The lowest BCUT2D eigenvalue weighted by Gasteiger charge is -2.07. The molecule has 0 amide bonds. The van der Waals surface area contributed by atoms with E-state index < -0.39 is 4.92 Å². The van der Waals surface area contributed by atoms with Crippen molar-refractivity contribution in [1.29, 1.82) is 0 Å². The monoisotopic (exact) mass is 384 g/mol. The van der Waals surface area contributed by atoms with Crippen LogP contribution < -0.4 is 5.32 Å². The van der Waals surface area contributed by atoms with E-state index in [0.29, 0.717) is 6.54 Å². The number of nitrogens with one attached hydrogen (secondary N) is 1. The predicted molar refractivity (Wildman–Crippen MR) is 114 cm³/mol. The number of nitrogens with zero attached hydrogens (tertiary/aromatic N) is 3. The van der Waals surface area contributed by atoms with Crippen LogP contribution in [0.15, 0.2) is 85.1 Å². The number of nitro groups is 1. The zero-order valence-corrected chi connectivity index (χ0v) is 15.9. The highest BCUT2D eigenvalue weighted by molar-refractivity contribution is 5.64. The van der Waals surface area contributed by atoms with Crippen molar-refractivity contribution in [1.82, 2.24) is 9.78 Å². The van der Waals surface area contributed by atoms with Gasteiger partial charge in [-0.15, -0.1) is 0 Å². The van der Waals surface area contributed by atoms with E-state index >= 15 is 0 Å². The molecule has 1 N–H and O–H groups in total. The summed E-state index contributed by atoms with van der Waals surface area (Å²) < 4.78 is 1.88. The van der Waals surface area contributed by atoms with Crippen molar-refractivity contribution >= 4 is 11.4 Å². The van der Waals surface area contributed by atoms with Crippen LogP contribution in [0, 0.1) is 17.0 Å². The Labute approximate surface area is 168 Å². The summed E-state index contributed by atoms with van der Waals surface area (Å²) in [5.41, 5.74) is 6.07. The molecule has 0 atom stereocenters. The Morgan fingerprint density at radius 2 is 1.66 bits per heavy atom. The van der Waals surface area contributed by atoms with Crippen molar-refractivity contribution in [3.8, 4) is 16.9 Å². The molecule has 0 saturated carbocycles. The number of aromatic nitrogens is 2. The minimum atomic E-state index is -0.400. The minimum absolute atomic E-state index is 0.0767. The van der Waals surface area contributed by atoms with Gasteiger partial charge >= 0.3 is 0 Å². The second-order valence-electron chi connectivity index (χ2n) is 6.81. The van der Waals surface area contributed by atoms with Crippen molar-refractivity contribution in [3.05, 3.63) is 106 Å². The number of non-ortho nitro benzene ring substituents is 1. The first kappa shape index (κ1) is 18.4. The Kier molecular flexibility index (Phi) is 5.07. The van der Waals surface area contributed by atoms with Gasteiger partial charge in [0.05, 0.1) is 16.3 Å². The van der Waals surface area contributed by atoms with Crippen LogP contribution in [0.25, 0.3) is 16.9 Å². The molecule has 4 aromatic rings. The van der Waals surface area contributed by atoms with Crippen LogP contribution in [0.2, 0.25) is 0 Å². The second-order valence-corrected chi connectivity index (χ2v) is 6.81. The number of aryl methyl sites for hydroxylation is 1. The smallest absolute Gasteiger partial charge is 0.269 e. The number of anilines is 1. The number of hydrogen-bond donors (Lipinski definition) is 1. The third-order valence-electron chi connectivity index (χ3n) is 4.70. The van der Waals surface area contributed by atoms with E-state index in [-0.39, 0.29) is 5.69 Å². The fourth-order valence-corrected chi connectivity index (χ4v) is 3.10. The van der Waals surface area contributed by atoms with Crippen molar-refractivity contribution in [2.45, 2.75) is 13.5 Å². The van der Waals surface area contributed by atoms with Gasteiger partial charge in [0, 0.05) is 41.7 Å².